The van der Waals surface area contributed by atoms with Crippen LogP contribution >= 0.6 is 0 Å². The van der Waals surface area contributed by atoms with E-state index in [0.29, 0.717) is 0 Å². The average molecular weight is 252 g/mol. The van der Waals surface area contributed by atoms with Crippen molar-refractivity contribution >= 4 is 0 Å². The third kappa shape index (κ3) is 3.78. The van der Waals surface area contributed by atoms with Crippen molar-refractivity contribution in [1.82, 2.24) is 20.4 Å². The minimum Gasteiger partial charge on any atom is -0.424 e. The lowest BCUT2D eigenvalue weighted by molar-refractivity contribution is 0.152. The maximum absolute atomic E-state index is 5.57. The van der Waals surface area contributed by atoms with Gasteiger partial charge >= 0.3 is 0 Å². The third-order valence-corrected chi connectivity index (χ3v) is 3.46. The highest BCUT2D eigenvalue weighted by molar-refractivity contribution is 4.83. The van der Waals surface area contributed by atoms with Gasteiger partial charge in [-0.05, 0) is 38.4 Å². The Morgan fingerprint density at radius 2 is 2.17 bits per heavy atom. The van der Waals surface area contributed by atoms with E-state index in [-0.39, 0.29) is 0 Å². The lowest BCUT2D eigenvalue weighted by Crippen LogP contribution is -2.39. The molecular formula is C13H24N4O. The van der Waals surface area contributed by atoms with Gasteiger partial charge in [-0.15, -0.1) is 10.2 Å². The Morgan fingerprint density at radius 1 is 1.33 bits per heavy atom. The number of nitrogens with zero attached hydrogens (tertiary/aromatic N) is 3. The van der Waals surface area contributed by atoms with E-state index in [0.717, 1.165) is 56.8 Å². The molecule has 1 aromatic rings. The fourth-order valence-electron chi connectivity index (χ4n) is 2.50. The van der Waals surface area contributed by atoms with Crippen molar-refractivity contribution in [3.8, 4) is 0 Å². The smallest absolute Gasteiger partial charge is 0.230 e. The first-order chi connectivity index (χ1) is 8.81. The lowest BCUT2D eigenvalue weighted by atomic mass is 9.98. The predicted molar refractivity (Wildman–Crippen MR) is 70.2 cm³/mol. The van der Waals surface area contributed by atoms with Gasteiger partial charge in [0.25, 0.3) is 0 Å². The summed E-state index contributed by atoms with van der Waals surface area (Å²) in [6.45, 7) is 9.45. The van der Waals surface area contributed by atoms with Gasteiger partial charge in [0, 0.05) is 13.0 Å². The Balaban J connectivity index is 1.81. The molecule has 1 saturated heterocycles. The maximum Gasteiger partial charge on any atom is 0.230 e. The highest BCUT2D eigenvalue weighted by Crippen LogP contribution is 2.17. The summed E-state index contributed by atoms with van der Waals surface area (Å²) in [6.07, 6.45) is 3.41. The van der Waals surface area contributed by atoms with Gasteiger partial charge in [-0.3, -0.25) is 4.90 Å². The molecule has 0 bridgehead atoms. The zero-order valence-electron chi connectivity index (χ0n) is 11.5. The number of hydrogen-bond donors (Lipinski definition) is 1. The van der Waals surface area contributed by atoms with Crippen LogP contribution in [-0.2, 0) is 13.0 Å². The van der Waals surface area contributed by atoms with Crippen LogP contribution in [0.4, 0.5) is 0 Å². The lowest BCUT2D eigenvalue weighted by Gasteiger charge is -2.31. The second-order valence-electron chi connectivity index (χ2n) is 4.99. The topological polar surface area (TPSA) is 54.2 Å². The molecule has 1 aromatic heterocycles. The zero-order chi connectivity index (χ0) is 12.8. The number of nitrogens with one attached hydrogen (secondary N) is 1. The van der Waals surface area contributed by atoms with Crippen LogP contribution in [0.2, 0.25) is 0 Å². The number of aromatic nitrogens is 2. The predicted octanol–water partition coefficient (Wildman–Crippen LogP) is 1.45. The maximum atomic E-state index is 5.57. The SMILES string of the molecule is CCNCC1CCCN(Cc2nnc(CC)o2)C1. The summed E-state index contributed by atoms with van der Waals surface area (Å²) in [5.41, 5.74) is 0. The largest absolute Gasteiger partial charge is 0.424 e. The van der Waals surface area contributed by atoms with Crippen molar-refractivity contribution < 1.29 is 4.42 Å². The van der Waals surface area contributed by atoms with E-state index in [9.17, 15) is 0 Å². The first-order valence-corrected chi connectivity index (χ1v) is 7.06. The molecule has 18 heavy (non-hydrogen) atoms. The minimum absolute atomic E-state index is 0.742. The molecule has 0 spiro atoms. The third-order valence-electron chi connectivity index (χ3n) is 3.46. The summed E-state index contributed by atoms with van der Waals surface area (Å²) in [4.78, 5) is 2.43. The molecule has 0 saturated carbocycles. The van der Waals surface area contributed by atoms with Crippen LogP contribution in [0.1, 0.15) is 38.5 Å². The normalized spacial score (nSPS) is 21.3. The molecule has 0 amide bonds. The van der Waals surface area contributed by atoms with Crippen molar-refractivity contribution in [2.24, 2.45) is 5.92 Å². The molecule has 1 aliphatic rings. The highest BCUT2D eigenvalue weighted by Gasteiger charge is 2.21. The molecule has 5 heteroatoms. The van der Waals surface area contributed by atoms with Crippen LogP contribution in [0.5, 0.6) is 0 Å². The molecule has 1 unspecified atom stereocenters. The van der Waals surface area contributed by atoms with Gasteiger partial charge < -0.3 is 9.73 Å². The van der Waals surface area contributed by atoms with Gasteiger partial charge in [-0.2, -0.15) is 0 Å². The molecular weight excluding hydrogens is 228 g/mol. The molecule has 2 heterocycles. The Morgan fingerprint density at radius 3 is 2.89 bits per heavy atom. The number of rotatable bonds is 6. The summed E-state index contributed by atoms with van der Waals surface area (Å²) < 4.78 is 5.57. The van der Waals surface area contributed by atoms with Gasteiger partial charge in [0.2, 0.25) is 11.8 Å². The summed E-state index contributed by atoms with van der Waals surface area (Å²) in [7, 11) is 0. The molecule has 2 rings (SSSR count). The highest BCUT2D eigenvalue weighted by atomic mass is 16.4. The number of likely N-dealkylation sites (tertiary alicyclic amines) is 1. The molecule has 1 aliphatic heterocycles. The van der Waals surface area contributed by atoms with Crippen molar-refractivity contribution in [1.29, 1.82) is 0 Å². The van der Waals surface area contributed by atoms with E-state index in [2.05, 4.69) is 27.3 Å². The van der Waals surface area contributed by atoms with Crippen molar-refractivity contribution in [3.05, 3.63) is 11.8 Å². The molecule has 102 valence electrons. The second kappa shape index (κ2) is 6.85. The van der Waals surface area contributed by atoms with Gasteiger partial charge in [-0.1, -0.05) is 13.8 Å². The number of hydrogen-bond acceptors (Lipinski definition) is 5. The van der Waals surface area contributed by atoms with E-state index in [1.54, 1.807) is 0 Å². The molecule has 1 fully saturated rings. The van der Waals surface area contributed by atoms with E-state index in [4.69, 9.17) is 4.42 Å². The first-order valence-electron chi connectivity index (χ1n) is 7.06. The molecule has 0 radical (unpaired) electrons. The van der Waals surface area contributed by atoms with Crippen LogP contribution in [0.15, 0.2) is 4.42 Å². The first kappa shape index (κ1) is 13.5. The van der Waals surface area contributed by atoms with Gasteiger partial charge in [0.1, 0.15) is 0 Å². The molecule has 0 aromatic carbocycles. The molecule has 1 atom stereocenters. The summed E-state index contributed by atoms with van der Waals surface area (Å²) in [6, 6.07) is 0. The van der Waals surface area contributed by atoms with Crippen molar-refractivity contribution in [3.63, 3.8) is 0 Å². The van der Waals surface area contributed by atoms with Crippen molar-refractivity contribution in [2.75, 3.05) is 26.2 Å². The van der Waals surface area contributed by atoms with Gasteiger partial charge in [0.15, 0.2) is 0 Å². The van der Waals surface area contributed by atoms with Gasteiger partial charge in [-0.25, -0.2) is 0 Å². The summed E-state index contributed by atoms with van der Waals surface area (Å²) in [5.74, 6) is 2.26. The zero-order valence-corrected chi connectivity index (χ0v) is 11.5. The Kier molecular flexibility index (Phi) is 5.13. The summed E-state index contributed by atoms with van der Waals surface area (Å²) in [5, 5.41) is 11.5. The molecule has 5 nitrogen and oxygen atoms in total. The molecule has 0 aliphatic carbocycles. The van der Waals surface area contributed by atoms with Crippen LogP contribution < -0.4 is 5.32 Å². The fraction of sp³-hybridized carbons (Fsp3) is 0.846. The Hall–Kier alpha value is -0.940. The Bertz CT molecular complexity index is 353. The molecule has 1 N–H and O–H groups in total. The van der Waals surface area contributed by atoms with E-state index < -0.39 is 0 Å². The van der Waals surface area contributed by atoms with Gasteiger partial charge in [0.05, 0.1) is 6.54 Å². The van der Waals surface area contributed by atoms with Crippen LogP contribution in [0.25, 0.3) is 0 Å². The van der Waals surface area contributed by atoms with E-state index in [1.165, 1.54) is 12.8 Å². The fourth-order valence-corrected chi connectivity index (χ4v) is 2.50. The minimum atomic E-state index is 0.742. The van der Waals surface area contributed by atoms with E-state index >= 15 is 0 Å². The monoisotopic (exact) mass is 252 g/mol. The number of piperidine rings is 1. The van der Waals surface area contributed by atoms with Crippen LogP contribution in [0, 0.1) is 5.92 Å². The van der Waals surface area contributed by atoms with Crippen LogP contribution in [-0.4, -0.2) is 41.3 Å². The van der Waals surface area contributed by atoms with E-state index in [1.807, 2.05) is 6.92 Å². The quantitative estimate of drug-likeness (QED) is 0.830. The van der Waals surface area contributed by atoms with Crippen LogP contribution in [0.3, 0.4) is 0 Å². The van der Waals surface area contributed by atoms with Crippen molar-refractivity contribution in [2.45, 2.75) is 39.7 Å². The summed E-state index contributed by atoms with van der Waals surface area (Å²) >= 11 is 0. The standard InChI is InChI=1S/C13H24N4O/c1-3-12-15-16-13(18-12)10-17-7-5-6-11(9-17)8-14-4-2/h11,14H,3-10H2,1-2H3. The number of aryl methyl sites for hydroxylation is 1. The Labute approximate surface area is 109 Å². The second-order valence-corrected chi connectivity index (χ2v) is 4.99. The average Bonchev–Trinajstić information content (AvgIpc) is 2.84.